The summed E-state index contributed by atoms with van der Waals surface area (Å²) < 4.78 is 1.93. The summed E-state index contributed by atoms with van der Waals surface area (Å²) in [5.74, 6) is 1.54. The second-order valence-electron chi connectivity index (χ2n) is 3.73. The average Bonchev–Trinajstić information content (AvgIpc) is 2.45. The molecule has 1 heterocycles. The van der Waals surface area contributed by atoms with E-state index in [-0.39, 0.29) is 0 Å². The normalized spacial score (nSPS) is 15.5. The Labute approximate surface area is 88.7 Å². The van der Waals surface area contributed by atoms with E-state index in [0.29, 0.717) is 5.75 Å². The Morgan fingerprint density at radius 3 is 2.57 bits per heavy atom. The molecule has 14 heavy (non-hydrogen) atoms. The Morgan fingerprint density at radius 1 is 1.50 bits per heavy atom. The summed E-state index contributed by atoms with van der Waals surface area (Å²) in [4.78, 5) is 0. The zero-order valence-electron chi connectivity index (χ0n) is 9.11. The van der Waals surface area contributed by atoms with E-state index in [1.165, 1.54) is 11.8 Å². The maximum absolute atomic E-state index is 9.80. The lowest BCUT2D eigenvalue weighted by atomic mass is 10.1. The van der Waals surface area contributed by atoms with Crippen LogP contribution >= 0.6 is 11.8 Å². The number of aliphatic hydroxyl groups is 1. The van der Waals surface area contributed by atoms with Crippen molar-refractivity contribution in [3.63, 3.8) is 0 Å². The van der Waals surface area contributed by atoms with Crippen LogP contribution in [0.15, 0.2) is 5.16 Å². The number of aromatic nitrogens is 3. The Balaban J connectivity index is 2.58. The summed E-state index contributed by atoms with van der Waals surface area (Å²) in [5, 5.41) is 18.6. The zero-order chi connectivity index (χ0) is 10.8. The Kier molecular flexibility index (Phi) is 3.55. The zero-order valence-corrected chi connectivity index (χ0v) is 9.93. The fourth-order valence-corrected chi connectivity index (χ4v) is 1.90. The van der Waals surface area contributed by atoms with Crippen LogP contribution in [0.4, 0.5) is 0 Å². The van der Waals surface area contributed by atoms with Crippen LogP contribution in [-0.4, -0.2) is 31.2 Å². The summed E-state index contributed by atoms with van der Waals surface area (Å²) in [6, 6.07) is 0. The van der Waals surface area contributed by atoms with E-state index in [0.717, 1.165) is 17.4 Å². The number of hydrogen-bond donors (Lipinski definition) is 1. The minimum absolute atomic E-state index is 0.621. The molecule has 0 spiro atoms. The van der Waals surface area contributed by atoms with Gasteiger partial charge in [-0.25, -0.2) is 0 Å². The van der Waals surface area contributed by atoms with Crippen molar-refractivity contribution in [2.24, 2.45) is 7.05 Å². The first-order chi connectivity index (χ1) is 6.46. The molecule has 0 bridgehead atoms. The van der Waals surface area contributed by atoms with Gasteiger partial charge in [-0.1, -0.05) is 18.7 Å². The van der Waals surface area contributed by atoms with E-state index in [1.807, 2.05) is 32.4 Å². The molecule has 1 atom stereocenters. The molecule has 0 amide bonds. The highest BCUT2D eigenvalue weighted by molar-refractivity contribution is 7.99. The molecule has 0 aromatic carbocycles. The Hall–Kier alpha value is -0.550. The van der Waals surface area contributed by atoms with Crippen LogP contribution in [0.2, 0.25) is 0 Å². The molecule has 0 saturated heterocycles. The van der Waals surface area contributed by atoms with E-state index >= 15 is 0 Å². The largest absolute Gasteiger partial charge is 0.389 e. The van der Waals surface area contributed by atoms with Crippen LogP contribution in [-0.2, 0) is 7.05 Å². The van der Waals surface area contributed by atoms with Crippen molar-refractivity contribution >= 4 is 11.8 Å². The van der Waals surface area contributed by atoms with Gasteiger partial charge in [0, 0.05) is 12.8 Å². The minimum atomic E-state index is -0.621. The van der Waals surface area contributed by atoms with Gasteiger partial charge in [-0.2, -0.15) is 0 Å². The number of thioether (sulfide) groups is 1. The predicted octanol–water partition coefficient (Wildman–Crippen LogP) is 1.38. The highest BCUT2D eigenvalue weighted by Gasteiger charge is 2.19. The third kappa shape index (κ3) is 2.72. The fraction of sp³-hybridized carbons (Fsp3) is 0.778. The molecule has 4 nitrogen and oxygen atoms in total. The van der Waals surface area contributed by atoms with Crippen LogP contribution in [0, 0.1) is 6.92 Å². The van der Waals surface area contributed by atoms with Crippen molar-refractivity contribution in [1.82, 2.24) is 14.8 Å². The SMILES string of the molecule is CCC(C)(O)CSc1nnc(C)n1C. The van der Waals surface area contributed by atoms with Crippen molar-refractivity contribution in [3.05, 3.63) is 5.82 Å². The molecule has 1 unspecified atom stereocenters. The van der Waals surface area contributed by atoms with E-state index in [4.69, 9.17) is 0 Å². The molecule has 0 aliphatic heterocycles. The van der Waals surface area contributed by atoms with Gasteiger partial charge in [-0.05, 0) is 20.3 Å². The summed E-state index contributed by atoms with van der Waals surface area (Å²) in [6.07, 6.45) is 0.747. The van der Waals surface area contributed by atoms with Gasteiger partial charge in [0.15, 0.2) is 5.16 Å². The van der Waals surface area contributed by atoms with Gasteiger partial charge < -0.3 is 9.67 Å². The molecule has 0 radical (unpaired) electrons. The van der Waals surface area contributed by atoms with Crippen LogP contribution in [0.25, 0.3) is 0 Å². The lowest BCUT2D eigenvalue weighted by molar-refractivity contribution is 0.0815. The van der Waals surface area contributed by atoms with Crippen molar-refractivity contribution in [3.8, 4) is 0 Å². The number of rotatable bonds is 4. The van der Waals surface area contributed by atoms with Crippen molar-refractivity contribution in [2.75, 3.05) is 5.75 Å². The number of nitrogens with zero attached hydrogens (tertiary/aromatic N) is 3. The summed E-state index contributed by atoms with van der Waals surface area (Å²) in [6.45, 7) is 5.72. The fourth-order valence-electron chi connectivity index (χ4n) is 0.835. The second-order valence-corrected chi connectivity index (χ2v) is 4.67. The van der Waals surface area contributed by atoms with Gasteiger partial charge in [0.2, 0.25) is 0 Å². The summed E-state index contributed by atoms with van der Waals surface area (Å²) in [7, 11) is 1.93. The first-order valence-corrected chi connectivity index (χ1v) is 5.66. The van der Waals surface area contributed by atoms with E-state index < -0.39 is 5.60 Å². The first kappa shape index (κ1) is 11.5. The molecule has 0 fully saturated rings. The molecule has 0 aliphatic rings. The molecule has 80 valence electrons. The van der Waals surface area contributed by atoms with Gasteiger partial charge >= 0.3 is 0 Å². The monoisotopic (exact) mass is 215 g/mol. The molecule has 1 aromatic rings. The van der Waals surface area contributed by atoms with Crippen LogP contribution in [0.5, 0.6) is 0 Å². The Bertz CT molecular complexity index is 309. The van der Waals surface area contributed by atoms with Crippen molar-refractivity contribution < 1.29 is 5.11 Å². The highest BCUT2D eigenvalue weighted by Crippen LogP contribution is 2.22. The van der Waals surface area contributed by atoms with Gasteiger partial charge in [0.1, 0.15) is 5.82 Å². The minimum Gasteiger partial charge on any atom is -0.389 e. The van der Waals surface area contributed by atoms with Crippen molar-refractivity contribution in [1.29, 1.82) is 0 Å². The Morgan fingerprint density at radius 2 is 2.14 bits per heavy atom. The lowest BCUT2D eigenvalue weighted by Gasteiger charge is -2.19. The maximum atomic E-state index is 9.80. The predicted molar refractivity (Wildman–Crippen MR) is 57.4 cm³/mol. The van der Waals surface area contributed by atoms with Crippen LogP contribution in [0.1, 0.15) is 26.1 Å². The van der Waals surface area contributed by atoms with E-state index in [2.05, 4.69) is 10.2 Å². The van der Waals surface area contributed by atoms with Gasteiger partial charge in [-0.15, -0.1) is 10.2 Å². The van der Waals surface area contributed by atoms with Crippen LogP contribution < -0.4 is 0 Å². The molecular formula is C9H17N3OS. The van der Waals surface area contributed by atoms with Crippen LogP contribution in [0.3, 0.4) is 0 Å². The first-order valence-electron chi connectivity index (χ1n) is 4.67. The molecular weight excluding hydrogens is 198 g/mol. The van der Waals surface area contributed by atoms with E-state index in [9.17, 15) is 5.11 Å². The lowest BCUT2D eigenvalue weighted by Crippen LogP contribution is -2.26. The molecule has 1 N–H and O–H groups in total. The highest BCUT2D eigenvalue weighted by atomic mass is 32.2. The molecule has 0 aliphatic carbocycles. The average molecular weight is 215 g/mol. The van der Waals surface area contributed by atoms with E-state index in [1.54, 1.807) is 0 Å². The summed E-state index contributed by atoms with van der Waals surface area (Å²) >= 11 is 1.54. The molecule has 1 aromatic heterocycles. The molecule has 0 saturated carbocycles. The van der Waals surface area contributed by atoms with Gasteiger partial charge in [-0.3, -0.25) is 0 Å². The second kappa shape index (κ2) is 4.31. The number of aryl methyl sites for hydroxylation is 1. The topological polar surface area (TPSA) is 50.9 Å². The smallest absolute Gasteiger partial charge is 0.191 e. The summed E-state index contributed by atoms with van der Waals surface area (Å²) in [5.41, 5.74) is -0.621. The van der Waals surface area contributed by atoms with Gasteiger partial charge in [0.25, 0.3) is 0 Å². The quantitative estimate of drug-likeness (QED) is 0.771. The standard InChI is InChI=1S/C9H17N3OS/c1-5-9(3,13)6-14-8-11-10-7(2)12(8)4/h13H,5-6H2,1-4H3. The third-order valence-corrected chi connectivity index (χ3v) is 3.71. The third-order valence-electron chi connectivity index (χ3n) is 2.33. The number of hydrogen-bond acceptors (Lipinski definition) is 4. The maximum Gasteiger partial charge on any atom is 0.191 e. The molecule has 5 heteroatoms. The van der Waals surface area contributed by atoms with Gasteiger partial charge in [0.05, 0.1) is 5.60 Å². The van der Waals surface area contributed by atoms with Crippen molar-refractivity contribution in [2.45, 2.75) is 37.9 Å². The molecule has 1 rings (SSSR count).